The van der Waals surface area contributed by atoms with Crippen molar-refractivity contribution in [3.63, 3.8) is 0 Å². The molecule has 0 N–H and O–H groups in total. The molecule has 0 bridgehead atoms. The van der Waals surface area contributed by atoms with E-state index in [-0.39, 0.29) is 0 Å². The van der Waals surface area contributed by atoms with E-state index in [0.717, 1.165) is 22.2 Å². The Balaban J connectivity index is 2.07. The summed E-state index contributed by atoms with van der Waals surface area (Å²) in [5.41, 5.74) is 6.50. The zero-order chi connectivity index (χ0) is 46.5. The van der Waals surface area contributed by atoms with Crippen molar-refractivity contribution < 1.29 is 9.47 Å². The highest BCUT2D eigenvalue weighted by atomic mass is 32.1. The van der Waals surface area contributed by atoms with Gasteiger partial charge in [0.1, 0.15) is 0 Å². The third-order valence-electron chi connectivity index (χ3n) is 14.0. The van der Waals surface area contributed by atoms with E-state index < -0.39 is 0 Å². The summed E-state index contributed by atoms with van der Waals surface area (Å²) in [6.07, 6.45) is 60.9. The highest BCUT2D eigenvalue weighted by Gasteiger charge is 2.15. The van der Waals surface area contributed by atoms with E-state index in [1.165, 1.54) is 275 Å². The van der Waals surface area contributed by atoms with Crippen molar-refractivity contribution in [2.24, 2.45) is 4.99 Å². The molecule has 0 saturated carbocycles. The van der Waals surface area contributed by atoms with Crippen LogP contribution in [0.3, 0.4) is 0 Å². The third-order valence-corrected chi connectivity index (χ3v) is 14.9. The number of nitrogens with zero attached hydrogens (tertiary/aromatic N) is 1. The largest absolute Gasteiger partial charge is 0.489 e. The summed E-state index contributed by atoms with van der Waals surface area (Å²) in [6.45, 7) is 13.1. The number of aliphatic imine (C=N–C) groups is 1. The van der Waals surface area contributed by atoms with E-state index in [1.807, 2.05) is 13.8 Å². The van der Waals surface area contributed by atoms with Gasteiger partial charge in [0.2, 0.25) is 5.06 Å². The van der Waals surface area contributed by atoms with Gasteiger partial charge in [0.25, 0.3) is 0 Å². The fourth-order valence-corrected chi connectivity index (χ4v) is 10.8. The van der Waals surface area contributed by atoms with Crippen molar-refractivity contribution in [2.75, 3.05) is 13.2 Å². The first-order valence-electron chi connectivity index (χ1n) is 29.2. The summed E-state index contributed by atoms with van der Waals surface area (Å²) < 4.78 is 11.8. The summed E-state index contributed by atoms with van der Waals surface area (Å²) in [6, 6.07) is 7.11. The minimum absolute atomic E-state index is 0.642. The van der Waals surface area contributed by atoms with Gasteiger partial charge in [-0.3, -0.25) is 4.99 Å². The van der Waals surface area contributed by atoms with Gasteiger partial charge in [-0.05, 0) is 74.6 Å². The van der Waals surface area contributed by atoms with Gasteiger partial charge in [0, 0.05) is 12.3 Å². The van der Waals surface area contributed by atoms with Gasteiger partial charge in [-0.2, -0.15) is 0 Å². The Morgan fingerprint density at radius 2 is 0.708 bits per heavy atom. The molecule has 0 aliphatic carbocycles. The first kappa shape index (κ1) is 59.3. The molecule has 1 heterocycles. The van der Waals surface area contributed by atoms with E-state index in [1.54, 1.807) is 28.0 Å². The number of hydrogen-bond donors (Lipinski definition) is 0. The molecule has 65 heavy (non-hydrogen) atoms. The summed E-state index contributed by atoms with van der Waals surface area (Å²) in [4.78, 5) is 6.23. The number of thiophene rings is 1. The molecule has 2 aromatic rings. The molecular formula is C61H109NO2S. The van der Waals surface area contributed by atoms with Crippen LogP contribution in [0, 0.1) is 0 Å². The van der Waals surface area contributed by atoms with Crippen LogP contribution in [-0.2, 0) is 25.8 Å². The topological polar surface area (TPSA) is 30.8 Å². The third kappa shape index (κ3) is 31.8. The summed E-state index contributed by atoms with van der Waals surface area (Å²) in [5, 5.41) is 0.872. The van der Waals surface area contributed by atoms with E-state index in [0.29, 0.717) is 13.2 Å². The molecular weight excluding hydrogens is 811 g/mol. The number of benzene rings is 1. The van der Waals surface area contributed by atoms with Crippen LogP contribution in [0.25, 0.3) is 0 Å². The highest BCUT2D eigenvalue weighted by molar-refractivity contribution is 7.15. The first-order valence-corrected chi connectivity index (χ1v) is 30.0. The molecule has 1 aromatic carbocycles. The van der Waals surface area contributed by atoms with Gasteiger partial charge < -0.3 is 9.47 Å². The maximum absolute atomic E-state index is 5.91. The SMILES string of the molecule is CCCCCCCCCCCCCCCc1ccc(CN=Cc2cc(OCC)c(OCC)s2)c(CCCCCCCCCCCCCCC)c1CCCCCCCCCCCCCCC. The average Bonchev–Trinajstić information content (AvgIpc) is 3.69. The normalized spacial score (nSPS) is 11.7. The van der Waals surface area contributed by atoms with Gasteiger partial charge in [-0.15, -0.1) is 0 Å². The predicted molar refractivity (Wildman–Crippen MR) is 293 cm³/mol. The maximum atomic E-state index is 5.91. The molecule has 0 amide bonds. The fraction of sp³-hybridized carbons (Fsp3) is 0.820. The highest BCUT2D eigenvalue weighted by Crippen LogP contribution is 2.37. The Morgan fingerprint density at radius 3 is 1.08 bits per heavy atom. The lowest BCUT2D eigenvalue weighted by atomic mass is 9.87. The van der Waals surface area contributed by atoms with Crippen molar-refractivity contribution in [1.82, 2.24) is 0 Å². The van der Waals surface area contributed by atoms with Gasteiger partial charge in [0.15, 0.2) is 5.75 Å². The summed E-state index contributed by atoms with van der Waals surface area (Å²) in [5.74, 6) is 0.849. The van der Waals surface area contributed by atoms with Crippen LogP contribution in [0.5, 0.6) is 10.8 Å². The van der Waals surface area contributed by atoms with Crippen molar-refractivity contribution in [2.45, 2.75) is 311 Å². The summed E-state index contributed by atoms with van der Waals surface area (Å²) in [7, 11) is 0. The molecule has 0 spiro atoms. The van der Waals surface area contributed by atoms with Gasteiger partial charge in [-0.1, -0.05) is 275 Å². The second kappa shape index (κ2) is 44.7. The lowest BCUT2D eigenvalue weighted by molar-refractivity contribution is 0.295. The number of aryl methyl sites for hydroxylation is 1. The molecule has 0 radical (unpaired) electrons. The van der Waals surface area contributed by atoms with Gasteiger partial charge >= 0.3 is 0 Å². The lowest BCUT2D eigenvalue weighted by Crippen LogP contribution is -2.06. The molecule has 0 aliphatic heterocycles. The van der Waals surface area contributed by atoms with Crippen LogP contribution in [-0.4, -0.2) is 19.4 Å². The molecule has 1 aromatic heterocycles. The molecule has 0 fully saturated rings. The van der Waals surface area contributed by atoms with Crippen LogP contribution in [0.4, 0.5) is 0 Å². The van der Waals surface area contributed by atoms with Crippen LogP contribution in [0.1, 0.15) is 312 Å². The van der Waals surface area contributed by atoms with Crippen molar-refractivity contribution >= 4 is 17.6 Å². The zero-order valence-corrected chi connectivity index (χ0v) is 45.1. The predicted octanol–water partition coefficient (Wildman–Crippen LogP) is 21.1. The second-order valence-corrected chi connectivity index (χ2v) is 21.0. The van der Waals surface area contributed by atoms with Crippen LogP contribution in [0.15, 0.2) is 23.2 Å². The van der Waals surface area contributed by atoms with Gasteiger partial charge in [-0.25, -0.2) is 0 Å². The van der Waals surface area contributed by atoms with Crippen molar-refractivity contribution in [3.8, 4) is 10.8 Å². The van der Waals surface area contributed by atoms with Crippen molar-refractivity contribution in [3.05, 3.63) is 45.3 Å². The first-order chi connectivity index (χ1) is 32.2. The Kier molecular flexibility index (Phi) is 40.8. The average molecular weight is 921 g/mol. The number of unbranched alkanes of at least 4 members (excludes halogenated alkanes) is 36. The second-order valence-electron chi connectivity index (χ2n) is 20.0. The number of hydrogen-bond acceptors (Lipinski definition) is 4. The molecule has 4 heteroatoms. The monoisotopic (exact) mass is 920 g/mol. The molecule has 0 aliphatic rings. The van der Waals surface area contributed by atoms with Crippen LogP contribution >= 0.6 is 11.3 Å². The minimum Gasteiger partial charge on any atom is -0.489 e. The van der Waals surface area contributed by atoms with E-state index in [2.05, 4.69) is 45.2 Å². The number of rotatable bonds is 49. The van der Waals surface area contributed by atoms with E-state index >= 15 is 0 Å². The van der Waals surface area contributed by atoms with Crippen LogP contribution in [0.2, 0.25) is 0 Å². The Labute approximate surface area is 410 Å². The molecule has 376 valence electrons. The Morgan fingerprint density at radius 1 is 0.385 bits per heavy atom. The Bertz CT molecular complexity index is 1320. The maximum Gasteiger partial charge on any atom is 0.217 e. The zero-order valence-electron chi connectivity index (χ0n) is 44.3. The van der Waals surface area contributed by atoms with Crippen LogP contribution < -0.4 is 9.47 Å². The molecule has 3 nitrogen and oxygen atoms in total. The van der Waals surface area contributed by atoms with E-state index in [4.69, 9.17) is 14.5 Å². The summed E-state index contributed by atoms with van der Waals surface area (Å²) >= 11 is 1.65. The standard InChI is InChI=1S/C61H109NO2S/c1-6-11-14-17-20-23-26-29-32-35-38-41-44-47-55-50-51-56(53-62-54-57-52-60(63-9-4)61(65-57)64-10-5)59(49-46-43-40-37-34-31-28-25-22-19-16-13-8-3)58(55)48-45-42-39-36-33-30-27-24-21-18-15-12-7-2/h50-52,54H,6-49,53H2,1-5H3. The lowest BCUT2D eigenvalue weighted by Gasteiger charge is -2.19. The molecule has 2 rings (SSSR count). The fourth-order valence-electron chi connectivity index (χ4n) is 9.93. The molecule has 0 saturated heterocycles. The minimum atomic E-state index is 0.642. The van der Waals surface area contributed by atoms with Gasteiger partial charge in [0.05, 0.1) is 24.6 Å². The molecule has 0 atom stereocenters. The quantitative estimate of drug-likeness (QED) is 0.0489. The van der Waals surface area contributed by atoms with E-state index in [9.17, 15) is 0 Å². The smallest absolute Gasteiger partial charge is 0.217 e. The van der Waals surface area contributed by atoms with Crippen molar-refractivity contribution in [1.29, 1.82) is 0 Å². The molecule has 0 unspecified atom stereocenters. The number of ether oxygens (including phenoxy) is 2. The Hall–Kier alpha value is -1.81.